The first-order valence-electron chi connectivity index (χ1n) is 11.3. The topological polar surface area (TPSA) is 94.4 Å². The summed E-state index contributed by atoms with van der Waals surface area (Å²) in [7, 11) is 6.87. The van der Waals surface area contributed by atoms with Crippen LogP contribution in [-0.2, 0) is 23.6 Å². The van der Waals surface area contributed by atoms with Crippen LogP contribution < -0.4 is 10.6 Å². The Morgan fingerprint density at radius 3 is 2.24 bits per heavy atom. The number of benzene rings is 1. The number of nitrogens with zero attached hydrogens (tertiary/aromatic N) is 2. The molecule has 0 atom stereocenters. The molecule has 34 heavy (non-hydrogen) atoms. The van der Waals surface area contributed by atoms with Crippen LogP contribution >= 0.6 is 0 Å². The Labute approximate surface area is 200 Å². The predicted octanol–water partition coefficient (Wildman–Crippen LogP) is 4.88. The number of amides is 1. The largest absolute Gasteiger partial charge is 0.464 e. The molecule has 3 aromatic rings. The zero-order chi connectivity index (χ0) is 25.1. The number of rotatable bonds is 9. The average molecular weight is 467 g/mol. The Bertz CT molecular complexity index is 1100. The molecule has 8 nitrogen and oxygen atoms in total. The van der Waals surface area contributed by atoms with Crippen molar-refractivity contribution in [3.05, 3.63) is 60.2 Å². The highest BCUT2D eigenvalue weighted by atomic mass is 16.5. The summed E-state index contributed by atoms with van der Waals surface area (Å²) in [6.45, 7) is 2.10. The molecule has 3 rings (SSSR count). The number of hydrogen-bond acceptors (Lipinski definition) is 5. The maximum absolute atomic E-state index is 11.5. The van der Waals surface area contributed by atoms with E-state index in [1.807, 2.05) is 50.6 Å². The van der Waals surface area contributed by atoms with Crippen molar-refractivity contribution < 1.29 is 19.1 Å². The summed E-state index contributed by atoms with van der Waals surface area (Å²) in [6.07, 6.45) is 8.05. The first-order valence-corrected chi connectivity index (χ1v) is 11.3. The van der Waals surface area contributed by atoms with E-state index >= 15 is 0 Å². The van der Waals surface area contributed by atoms with Crippen LogP contribution in [0.2, 0.25) is 0 Å². The molecule has 8 heteroatoms. The van der Waals surface area contributed by atoms with E-state index in [4.69, 9.17) is 4.74 Å². The molecule has 182 valence electrons. The fraction of sp³-hybridized carbons (Fsp3) is 0.346. The monoisotopic (exact) mass is 466 g/mol. The summed E-state index contributed by atoms with van der Waals surface area (Å²) >= 11 is 0. The molecule has 0 saturated carbocycles. The van der Waals surface area contributed by atoms with E-state index in [2.05, 4.69) is 17.6 Å². The Morgan fingerprint density at radius 2 is 1.68 bits per heavy atom. The quantitative estimate of drug-likeness (QED) is 0.266. The summed E-state index contributed by atoms with van der Waals surface area (Å²) < 4.78 is 8.19. The molecular formula is C26H34N4O4. The zero-order valence-corrected chi connectivity index (χ0v) is 20.6. The van der Waals surface area contributed by atoms with Crippen LogP contribution in [0.25, 0.3) is 11.1 Å². The molecule has 2 heterocycles. The zero-order valence-electron chi connectivity index (χ0n) is 20.6. The number of ether oxygens (including phenoxy) is 1. The minimum Gasteiger partial charge on any atom is -0.464 e. The number of nitrogens with one attached hydrogen (secondary N) is 2. The first-order chi connectivity index (χ1) is 16.3. The van der Waals surface area contributed by atoms with Crippen molar-refractivity contribution in [2.75, 3.05) is 24.8 Å². The van der Waals surface area contributed by atoms with E-state index in [1.165, 1.54) is 7.11 Å². The number of carbonyl (C=O) groups excluding carboxylic acids is 3. The molecule has 0 saturated heterocycles. The molecule has 0 aliphatic carbocycles. The van der Waals surface area contributed by atoms with E-state index in [9.17, 15) is 14.4 Å². The number of anilines is 2. The molecule has 1 aromatic carbocycles. The van der Waals surface area contributed by atoms with Gasteiger partial charge < -0.3 is 24.5 Å². The maximum atomic E-state index is 11.5. The van der Waals surface area contributed by atoms with E-state index < -0.39 is 0 Å². The second kappa shape index (κ2) is 13.0. The van der Waals surface area contributed by atoms with Crippen molar-refractivity contribution in [1.29, 1.82) is 0 Å². The summed E-state index contributed by atoms with van der Waals surface area (Å²) in [5.74, 6) is -0.313. The minimum absolute atomic E-state index is 0.0106. The lowest BCUT2D eigenvalue weighted by Gasteiger charge is -2.01. The van der Waals surface area contributed by atoms with Crippen molar-refractivity contribution in [2.45, 2.75) is 32.6 Å². The van der Waals surface area contributed by atoms with Gasteiger partial charge in [-0.1, -0.05) is 31.9 Å². The fourth-order valence-corrected chi connectivity index (χ4v) is 3.39. The number of hydrogen-bond donors (Lipinski definition) is 2. The van der Waals surface area contributed by atoms with Crippen LogP contribution in [0.5, 0.6) is 0 Å². The SMILES string of the molecule is CCCCCC(=O)Nc1cc(C=O)n(C)c1.CNc1ccc(-c2cc(C(=O)OC)n(C)c2)cc1. The third-order valence-corrected chi connectivity index (χ3v) is 5.36. The van der Waals surface area contributed by atoms with E-state index in [0.29, 0.717) is 23.5 Å². The number of esters is 1. The number of aromatic nitrogens is 2. The number of aryl methyl sites for hydroxylation is 2. The van der Waals surface area contributed by atoms with Crippen molar-refractivity contribution in [3.8, 4) is 11.1 Å². The van der Waals surface area contributed by atoms with E-state index in [-0.39, 0.29) is 11.9 Å². The standard InChI is InChI=1S/C14H16N2O2.C12H18N2O2/c1-15-12-6-4-10(5-7-12)11-8-13(14(17)18-3)16(2)9-11;1-3-4-5-6-12(16)13-10-7-11(9-15)14(2)8-10/h4-9,15H,1-3H3;7-9H,3-6H2,1-2H3,(H,13,16). The number of aldehydes is 1. The van der Waals surface area contributed by atoms with Gasteiger partial charge in [-0.15, -0.1) is 0 Å². The normalized spacial score (nSPS) is 10.1. The Hall–Kier alpha value is -3.81. The Kier molecular flexibility index (Phi) is 10.1. The molecular weight excluding hydrogens is 432 g/mol. The van der Waals surface area contributed by atoms with Crippen LogP contribution in [0.1, 0.15) is 53.6 Å². The van der Waals surface area contributed by atoms with E-state index in [0.717, 1.165) is 42.4 Å². The third kappa shape index (κ3) is 7.37. The third-order valence-electron chi connectivity index (χ3n) is 5.36. The van der Waals surface area contributed by atoms with Gasteiger partial charge in [0.1, 0.15) is 5.69 Å². The van der Waals surface area contributed by atoms with Crippen molar-refractivity contribution in [2.24, 2.45) is 14.1 Å². The van der Waals surface area contributed by atoms with Crippen molar-refractivity contribution >= 4 is 29.5 Å². The summed E-state index contributed by atoms with van der Waals surface area (Å²) in [5.41, 5.74) is 4.92. The van der Waals surface area contributed by atoms with Gasteiger partial charge in [0, 0.05) is 51.2 Å². The highest BCUT2D eigenvalue weighted by Crippen LogP contribution is 2.23. The maximum Gasteiger partial charge on any atom is 0.354 e. The van der Waals surface area contributed by atoms with Gasteiger partial charge in [0.2, 0.25) is 5.91 Å². The van der Waals surface area contributed by atoms with Crippen molar-refractivity contribution in [1.82, 2.24) is 9.13 Å². The Balaban J connectivity index is 0.000000242. The highest BCUT2D eigenvalue weighted by molar-refractivity contribution is 5.91. The average Bonchev–Trinajstić information content (AvgIpc) is 3.40. The van der Waals surface area contributed by atoms with Crippen LogP contribution in [0.3, 0.4) is 0 Å². The van der Waals surface area contributed by atoms with Gasteiger partial charge in [-0.05, 0) is 36.2 Å². The van der Waals surface area contributed by atoms with Gasteiger partial charge in [0.05, 0.1) is 18.5 Å². The van der Waals surface area contributed by atoms with Crippen LogP contribution in [0.15, 0.2) is 48.8 Å². The second-order valence-electron chi connectivity index (χ2n) is 7.93. The van der Waals surface area contributed by atoms with E-state index in [1.54, 1.807) is 28.4 Å². The molecule has 0 spiro atoms. The van der Waals surface area contributed by atoms with Crippen LogP contribution in [-0.4, -0.2) is 41.5 Å². The summed E-state index contributed by atoms with van der Waals surface area (Å²) in [4.78, 5) is 33.6. The number of carbonyl (C=O) groups is 3. The smallest absolute Gasteiger partial charge is 0.354 e. The molecule has 2 N–H and O–H groups in total. The van der Waals surface area contributed by atoms with Gasteiger partial charge in [0.15, 0.2) is 6.29 Å². The molecule has 1 amide bonds. The minimum atomic E-state index is -0.324. The van der Waals surface area contributed by atoms with Gasteiger partial charge in [-0.2, -0.15) is 0 Å². The van der Waals surface area contributed by atoms with Crippen LogP contribution in [0, 0.1) is 0 Å². The van der Waals surface area contributed by atoms with Crippen molar-refractivity contribution in [3.63, 3.8) is 0 Å². The molecule has 2 aromatic heterocycles. The Morgan fingerprint density at radius 1 is 0.971 bits per heavy atom. The summed E-state index contributed by atoms with van der Waals surface area (Å²) in [6, 6.07) is 11.5. The number of unbranched alkanes of at least 4 members (excludes halogenated alkanes) is 2. The molecule has 0 bridgehead atoms. The molecule has 0 fully saturated rings. The van der Waals surface area contributed by atoms with Gasteiger partial charge in [-0.25, -0.2) is 4.79 Å². The lowest BCUT2D eigenvalue weighted by molar-refractivity contribution is -0.116. The lowest BCUT2D eigenvalue weighted by Crippen LogP contribution is -2.10. The highest BCUT2D eigenvalue weighted by Gasteiger charge is 2.12. The van der Waals surface area contributed by atoms with Gasteiger partial charge in [-0.3, -0.25) is 9.59 Å². The van der Waals surface area contributed by atoms with Gasteiger partial charge in [0.25, 0.3) is 0 Å². The second-order valence-corrected chi connectivity index (χ2v) is 7.93. The molecule has 0 unspecified atom stereocenters. The fourth-order valence-electron chi connectivity index (χ4n) is 3.39. The molecule has 0 radical (unpaired) electrons. The van der Waals surface area contributed by atoms with Crippen LogP contribution in [0.4, 0.5) is 11.4 Å². The predicted molar refractivity (Wildman–Crippen MR) is 135 cm³/mol. The first kappa shape index (κ1) is 26.4. The molecule has 0 aliphatic heterocycles. The number of methoxy groups -OCH3 is 1. The molecule has 0 aliphatic rings. The summed E-state index contributed by atoms with van der Waals surface area (Å²) in [5, 5.41) is 5.85. The van der Waals surface area contributed by atoms with Gasteiger partial charge >= 0.3 is 5.97 Å². The lowest BCUT2D eigenvalue weighted by atomic mass is 10.1.